The molecule has 0 aliphatic heterocycles. The van der Waals surface area contributed by atoms with Crippen LogP contribution in [0.15, 0.2) is 28.7 Å². The molecule has 0 radical (unpaired) electrons. The molecule has 0 aliphatic carbocycles. The van der Waals surface area contributed by atoms with Crippen molar-refractivity contribution in [2.75, 3.05) is 18.9 Å². The first-order valence-corrected chi connectivity index (χ1v) is 9.20. The molecule has 1 unspecified atom stereocenters. The molecule has 0 bridgehead atoms. The lowest BCUT2D eigenvalue weighted by Gasteiger charge is -2.20. The molecule has 0 saturated heterocycles. The highest BCUT2D eigenvalue weighted by Crippen LogP contribution is 2.25. The number of nitrogens with zero attached hydrogens (tertiary/aromatic N) is 2. The average Bonchev–Trinajstić information content (AvgIpc) is 2.95. The summed E-state index contributed by atoms with van der Waals surface area (Å²) in [7, 11) is 1.65. The molecule has 3 N–H and O–H groups in total. The molecular formula is C17H19BrClN5O3. The molecule has 1 heterocycles. The van der Waals surface area contributed by atoms with Gasteiger partial charge in [0, 0.05) is 26.6 Å². The summed E-state index contributed by atoms with van der Waals surface area (Å²) in [5.41, 5.74) is 0.447. The van der Waals surface area contributed by atoms with Crippen molar-refractivity contribution in [3.05, 3.63) is 45.0 Å². The van der Waals surface area contributed by atoms with Gasteiger partial charge in [-0.1, -0.05) is 23.7 Å². The number of hydrogen-bond donors (Lipinski definition) is 3. The Morgan fingerprint density at radius 3 is 2.59 bits per heavy atom. The fraction of sp³-hybridized carbons (Fsp3) is 0.294. The molecule has 2 aromatic rings. The number of H-pyrrole nitrogens is 1. The smallest absolute Gasteiger partial charge is 0.270 e. The molecule has 2 rings (SSSR count). The molecule has 1 aromatic carbocycles. The number of aromatic amines is 1. The van der Waals surface area contributed by atoms with Gasteiger partial charge in [0.2, 0.25) is 5.91 Å². The number of likely N-dealkylation sites (N-methyl/N-ethyl adjacent to an activating group) is 1. The Morgan fingerprint density at radius 2 is 1.96 bits per heavy atom. The van der Waals surface area contributed by atoms with Crippen LogP contribution in [0.25, 0.3) is 0 Å². The minimum atomic E-state index is -0.448. The third-order valence-electron chi connectivity index (χ3n) is 3.75. The number of hydrogen-bond acceptors (Lipinski definition) is 4. The minimum absolute atomic E-state index is 0.0941. The van der Waals surface area contributed by atoms with Crippen molar-refractivity contribution in [2.24, 2.45) is 0 Å². The number of amides is 3. The van der Waals surface area contributed by atoms with Crippen LogP contribution in [0.1, 0.15) is 34.7 Å². The second kappa shape index (κ2) is 9.01. The molecule has 0 aliphatic rings. The fourth-order valence-corrected chi connectivity index (χ4v) is 2.94. The van der Waals surface area contributed by atoms with E-state index in [0.717, 1.165) is 0 Å². The van der Waals surface area contributed by atoms with Crippen molar-refractivity contribution in [3.63, 3.8) is 0 Å². The molecule has 0 saturated carbocycles. The Bertz CT molecular complexity index is 870. The van der Waals surface area contributed by atoms with Crippen LogP contribution in [0.4, 0.5) is 5.82 Å². The Morgan fingerprint density at radius 1 is 1.30 bits per heavy atom. The van der Waals surface area contributed by atoms with Crippen LogP contribution in [0.5, 0.6) is 0 Å². The molecule has 27 heavy (non-hydrogen) atoms. The lowest BCUT2D eigenvalue weighted by molar-refractivity contribution is -0.127. The van der Waals surface area contributed by atoms with E-state index in [0.29, 0.717) is 21.6 Å². The average molecular weight is 457 g/mol. The molecule has 0 spiro atoms. The number of halogens is 2. The van der Waals surface area contributed by atoms with Crippen molar-refractivity contribution in [1.29, 1.82) is 0 Å². The maximum absolute atomic E-state index is 12.4. The molecule has 1 atom stereocenters. The number of carbonyl (C=O) groups is 3. The van der Waals surface area contributed by atoms with Crippen molar-refractivity contribution in [2.45, 2.75) is 19.9 Å². The van der Waals surface area contributed by atoms with Gasteiger partial charge in [-0.05, 0) is 35.0 Å². The van der Waals surface area contributed by atoms with Crippen molar-refractivity contribution in [3.8, 4) is 0 Å². The zero-order valence-electron chi connectivity index (χ0n) is 15.0. The second-order valence-electron chi connectivity index (χ2n) is 5.97. The van der Waals surface area contributed by atoms with Gasteiger partial charge in [-0.3, -0.25) is 19.5 Å². The topological polar surface area (TPSA) is 107 Å². The van der Waals surface area contributed by atoms with Gasteiger partial charge >= 0.3 is 0 Å². The maximum Gasteiger partial charge on any atom is 0.270 e. The van der Waals surface area contributed by atoms with Crippen LogP contribution in [-0.2, 0) is 4.79 Å². The maximum atomic E-state index is 12.4. The third-order valence-corrected chi connectivity index (χ3v) is 4.85. The number of anilines is 1. The highest BCUT2D eigenvalue weighted by Gasteiger charge is 2.21. The van der Waals surface area contributed by atoms with Crippen LogP contribution in [0.2, 0.25) is 5.02 Å². The first-order chi connectivity index (χ1) is 12.7. The third kappa shape index (κ3) is 5.30. The van der Waals surface area contributed by atoms with E-state index in [1.807, 2.05) is 0 Å². The number of nitrogens with one attached hydrogen (secondary N) is 3. The quantitative estimate of drug-likeness (QED) is 0.621. The minimum Gasteiger partial charge on any atom is -0.346 e. The lowest BCUT2D eigenvalue weighted by atomic mass is 10.2. The van der Waals surface area contributed by atoms with E-state index in [1.165, 1.54) is 11.8 Å². The number of carbonyl (C=O) groups excluding carboxylic acids is 3. The summed E-state index contributed by atoms with van der Waals surface area (Å²) < 4.78 is 0.313. The van der Waals surface area contributed by atoms with E-state index in [9.17, 15) is 14.4 Å². The Labute approximate surface area is 169 Å². The van der Waals surface area contributed by atoms with E-state index >= 15 is 0 Å². The summed E-state index contributed by atoms with van der Waals surface area (Å²) in [6.07, 6.45) is 0. The molecule has 10 heteroatoms. The van der Waals surface area contributed by atoms with Crippen LogP contribution < -0.4 is 10.6 Å². The van der Waals surface area contributed by atoms with Crippen LogP contribution in [-0.4, -0.2) is 52.5 Å². The Hall–Kier alpha value is -2.39. The van der Waals surface area contributed by atoms with Gasteiger partial charge in [-0.15, -0.1) is 0 Å². The molecule has 144 valence electrons. The van der Waals surface area contributed by atoms with Crippen molar-refractivity contribution in [1.82, 2.24) is 20.4 Å². The predicted molar refractivity (Wildman–Crippen MR) is 106 cm³/mol. The first kappa shape index (κ1) is 20.9. The number of aromatic nitrogens is 2. The number of rotatable bonds is 6. The predicted octanol–water partition coefficient (Wildman–Crippen LogP) is 2.67. The van der Waals surface area contributed by atoms with Crippen LogP contribution in [0.3, 0.4) is 0 Å². The number of benzene rings is 1. The summed E-state index contributed by atoms with van der Waals surface area (Å²) in [5.74, 6) is -0.796. The Balaban J connectivity index is 2.06. The summed E-state index contributed by atoms with van der Waals surface area (Å²) in [5, 5.41) is 12.2. The van der Waals surface area contributed by atoms with E-state index in [2.05, 4.69) is 36.8 Å². The fourth-order valence-electron chi connectivity index (χ4n) is 2.26. The lowest BCUT2D eigenvalue weighted by Crippen LogP contribution is -2.42. The van der Waals surface area contributed by atoms with E-state index in [4.69, 9.17) is 11.6 Å². The highest BCUT2D eigenvalue weighted by molar-refractivity contribution is 9.10. The molecule has 3 amide bonds. The molecule has 0 fully saturated rings. The van der Waals surface area contributed by atoms with Gasteiger partial charge in [0.1, 0.15) is 5.69 Å². The SMILES string of the molecule is CC(=O)N(C)CC(C)NC(=O)c1[nH]nc(NC(=O)c2ccccc2Cl)c1Br. The van der Waals surface area contributed by atoms with Gasteiger partial charge in [-0.25, -0.2) is 0 Å². The van der Waals surface area contributed by atoms with Crippen molar-refractivity contribution < 1.29 is 14.4 Å². The van der Waals surface area contributed by atoms with E-state index in [1.54, 1.807) is 38.2 Å². The molecule has 1 aromatic heterocycles. The largest absolute Gasteiger partial charge is 0.346 e. The van der Waals surface area contributed by atoms with E-state index < -0.39 is 11.8 Å². The first-order valence-electron chi connectivity index (χ1n) is 8.03. The van der Waals surface area contributed by atoms with Gasteiger partial charge in [0.15, 0.2) is 5.82 Å². The standard InChI is InChI=1S/C17H19BrClN5O3/c1-9(8-24(3)10(2)25)20-17(27)14-13(18)15(23-22-14)21-16(26)11-6-4-5-7-12(11)19/h4-7,9H,8H2,1-3H3,(H,20,27)(H2,21,22,23,26). The summed E-state index contributed by atoms with van der Waals surface area (Å²) in [4.78, 5) is 37.5. The Kier molecular flexibility index (Phi) is 6.98. The summed E-state index contributed by atoms with van der Waals surface area (Å²) >= 11 is 9.28. The van der Waals surface area contributed by atoms with E-state index in [-0.39, 0.29) is 23.5 Å². The van der Waals surface area contributed by atoms with Gasteiger partial charge in [-0.2, -0.15) is 5.10 Å². The van der Waals surface area contributed by atoms with Gasteiger partial charge in [0.25, 0.3) is 11.8 Å². The van der Waals surface area contributed by atoms with Gasteiger partial charge in [0.05, 0.1) is 15.1 Å². The highest BCUT2D eigenvalue weighted by atomic mass is 79.9. The van der Waals surface area contributed by atoms with Crippen molar-refractivity contribution >= 4 is 51.1 Å². The van der Waals surface area contributed by atoms with Crippen LogP contribution in [0, 0.1) is 0 Å². The molecule has 8 nitrogen and oxygen atoms in total. The zero-order valence-corrected chi connectivity index (χ0v) is 17.3. The summed E-state index contributed by atoms with van der Waals surface area (Å²) in [6, 6.07) is 6.32. The second-order valence-corrected chi connectivity index (χ2v) is 7.17. The van der Waals surface area contributed by atoms with Crippen LogP contribution >= 0.6 is 27.5 Å². The summed E-state index contributed by atoms with van der Waals surface area (Å²) in [6.45, 7) is 3.60. The van der Waals surface area contributed by atoms with Gasteiger partial charge < -0.3 is 15.5 Å². The normalized spacial score (nSPS) is 11.6. The zero-order chi connectivity index (χ0) is 20.1. The monoisotopic (exact) mass is 455 g/mol. The molecular weight excluding hydrogens is 438 g/mol.